The molecule has 2 N–H and O–H groups in total. The van der Waals surface area contributed by atoms with Crippen LogP contribution < -0.4 is 10.6 Å². The van der Waals surface area contributed by atoms with E-state index < -0.39 is 17.8 Å². The average Bonchev–Trinajstić information content (AvgIpc) is 3.42. The number of halogens is 2. The number of nitrogens with one attached hydrogen (secondary N) is 2. The Balaban J connectivity index is 1.67. The van der Waals surface area contributed by atoms with Gasteiger partial charge in [0, 0.05) is 31.6 Å². The SMILES string of the molecule is COCCCN1C(=O)/C(=C/c2ccc(CNC(=O)C(=O)Nc3ccc(Cl)c(Cl)c3)o2)C(C(=O)OC)=C1C. The van der Waals surface area contributed by atoms with Crippen molar-refractivity contribution < 1.29 is 33.1 Å². The Kier molecular flexibility index (Phi) is 9.51. The molecule has 2 heterocycles. The number of allylic oxidation sites excluding steroid dienone is 1. The second-order valence-corrected chi connectivity index (χ2v) is 8.70. The van der Waals surface area contributed by atoms with Crippen molar-refractivity contribution in [3.05, 3.63) is 68.7 Å². The number of esters is 1. The number of hydrogen-bond acceptors (Lipinski definition) is 7. The predicted molar refractivity (Wildman–Crippen MR) is 137 cm³/mol. The fourth-order valence-electron chi connectivity index (χ4n) is 3.58. The lowest BCUT2D eigenvalue weighted by molar-refractivity contribution is -0.136. The number of methoxy groups -OCH3 is 2. The number of nitrogens with zero attached hydrogens (tertiary/aromatic N) is 1. The molecule has 0 bridgehead atoms. The van der Waals surface area contributed by atoms with Crippen molar-refractivity contribution in [3.63, 3.8) is 0 Å². The number of anilines is 1. The molecule has 1 aromatic carbocycles. The number of rotatable bonds is 9. The van der Waals surface area contributed by atoms with Crippen LogP contribution in [0.4, 0.5) is 5.69 Å². The molecule has 1 aliphatic heterocycles. The molecule has 0 aliphatic carbocycles. The van der Waals surface area contributed by atoms with Gasteiger partial charge in [-0.1, -0.05) is 23.2 Å². The third kappa shape index (κ3) is 6.79. The molecule has 2 aromatic rings. The van der Waals surface area contributed by atoms with E-state index in [2.05, 4.69) is 10.6 Å². The van der Waals surface area contributed by atoms with Crippen molar-refractivity contribution in [3.8, 4) is 0 Å². The summed E-state index contributed by atoms with van der Waals surface area (Å²) in [5.41, 5.74) is 1.07. The molecule has 1 aliphatic rings. The molecule has 0 spiro atoms. The highest BCUT2D eigenvalue weighted by Gasteiger charge is 2.37. The van der Waals surface area contributed by atoms with Gasteiger partial charge >= 0.3 is 17.8 Å². The van der Waals surface area contributed by atoms with Gasteiger partial charge in [0.05, 0.1) is 34.8 Å². The van der Waals surface area contributed by atoms with E-state index in [1.54, 1.807) is 26.2 Å². The number of amides is 3. The quantitative estimate of drug-likeness (QED) is 0.212. The van der Waals surface area contributed by atoms with Gasteiger partial charge in [0.1, 0.15) is 11.5 Å². The zero-order chi connectivity index (χ0) is 27.1. The van der Waals surface area contributed by atoms with Crippen LogP contribution in [-0.2, 0) is 35.2 Å². The lowest BCUT2D eigenvalue weighted by atomic mass is 10.1. The largest absolute Gasteiger partial charge is 0.465 e. The Morgan fingerprint density at radius 1 is 1.08 bits per heavy atom. The van der Waals surface area contributed by atoms with Crippen LogP contribution in [0.5, 0.6) is 0 Å². The Labute approximate surface area is 223 Å². The van der Waals surface area contributed by atoms with Crippen molar-refractivity contribution in [2.75, 3.05) is 32.7 Å². The van der Waals surface area contributed by atoms with Gasteiger partial charge in [0.25, 0.3) is 5.91 Å². The molecule has 0 radical (unpaired) electrons. The molecule has 1 aromatic heterocycles. The van der Waals surface area contributed by atoms with Crippen LogP contribution in [0.15, 0.2) is 51.6 Å². The maximum Gasteiger partial charge on any atom is 0.340 e. The maximum absolute atomic E-state index is 13.0. The lowest BCUT2D eigenvalue weighted by Crippen LogP contribution is -2.34. The van der Waals surface area contributed by atoms with Gasteiger partial charge in [-0.25, -0.2) is 4.79 Å². The molecular weight excluding hydrogens is 525 g/mol. The summed E-state index contributed by atoms with van der Waals surface area (Å²) in [4.78, 5) is 51.3. The van der Waals surface area contributed by atoms with E-state index in [1.807, 2.05) is 0 Å². The van der Waals surface area contributed by atoms with Gasteiger partial charge in [-0.05, 0) is 49.8 Å². The standard InChI is InChI=1S/C25H25Cl2N3O7/c1-14-21(25(34)36-3)18(24(33)30(14)9-4-10-35-2)12-16-6-7-17(37-16)13-28-22(31)23(32)29-15-5-8-19(26)20(27)11-15/h5-8,11-12H,4,9-10,13H2,1-3H3,(H,28,31)(H,29,32)/b18-12+. The Morgan fingerprint density at radius 2 is 1.84 bits per heavy atom. The van der Waals surface area contributed by atoms with Crippen LogP contribution in [0.1, 0.15) is 24.9 Å². The molecule has 0 unspecified atom stereocenters. The summed E-state index contributed by atoms with van der Waals surface area (Å²) in [7, 11) is 2.81. The molecule has 12 heteroatoms. The lowest BCUT2D eigenvalue weighted by Gasteiger charge is -2.17. The van der Waals surface area contributed by atoms with Gasteiger partial charge in [-0.3, -0.25) is 14.4 Å². The minimum absolute atomic E-state index is 0.0907. The van der Waals surface area contributed by atoms with Gasteiger partial charge in [-0.15, -0.1) is 0 Å². The number of hydrogen-bond donors (Lipinski definition) is 2. The van der Waals surface area contributed by atoms with Crippen molar-refractivity contribution >= 4 is 58.7 Å². The average molecular weight is 550 g/mol. The Morgan fingerprint density at radius 3 is 2.51 bits per heavy atom. The normalized spacial score (nSPS) is 14.4. The third-order valence-electron chi connectivity index (χ3n) is 5.41. The first-order chi connectivity index (χ1) is 17.7. The minimum Gasteiger partial charge on any atom is -0.465 e. The smallest absolute Gasteiger partial charge is 0.340 e. The topological polar surface area (TPSA) is 127 Å². The highest BCUT2D eigenvalue weighted by atomic mass is 35.5. The second-order valence-electron chi connectivity index (χ2n) is 7.88. The van der Waals surface area contributed by atoms with Crippen molar-refractivity contribution in [1.82, 2.24) is 10.2 Å². The van der Waals surface area contributed by atoms with Crippen molar-refractivity contribution in [1.29, 1.82) is 0 Å². The number of benzene rings is 1. The first-order valence-corrected chi connectivity index (χ1v) is 11.9. The van der Waals surface area contributed by atoms with E-state index >= 15 is 0 Å². The molecule has 10 nitrogen and oxygen atoms in total. The van der Waals surface area contributed by atoms with Gasteiger partial charge < -0.3 is 29.4 Å². The molecule has 3 amide bonds. The molecule has 0 fully saturated rings. The molecule has 3 rings (SSSR count). The number of furan rings is 1. The van der Waals surface area contributed by atoms with Crippen LogP contribution in [0.2, 0.25) is 10.0 Å². The van der Waals surface area contributed by atoms with Crippen LogP contribution in [-0.4, -0.2) is 56.0 Å². The summed E-state index contributed by atoms with van der Waals surface area (Å²) in [6, 6.07) is 7.58. The molecular formula is C25H25Cl2N3O7. The van der Waals surface area contributed by atoms with Gasteiger partial charge in [0.15, 0.2) is 0 Å². The maximum atomic E-state index is 13.0. The molecule has 0 saturated heterocycles. The molecule has 0 atom stereocenters. The van der Waals surface area contributed by atoms with Gasteiger partial charge in [0.2, 0.25) is 0 Å². The van der Waals surface area contributed by atoms with E-state index in [4.69, 9.17) is 37.1 Å². The summed E-state index contributed by atoms with van der Waals surface area (Å²) >= 11 is 11.8. The van der Waals surface area contributed by atoms with Crippen LogP contribution in [0, 0.1) is 0 Å². The van der Waals surface area contributed by atoms with E-state index in [0.717, 1.165) is 0 Å². The summed E-state index contributed by atoms with van der Waals surface area (Å²) in [6.45, 7) is 2.41. The third-order valence-corrected chi connectivity index (χ3v) is 6.15. The molecule has 0 saturated carbocycles. The van der Waals surface area contributed by atoms with Crippen LogP contribution in [0.25, 0.3) is 6.08 Å². The predicted octanol–water partition coefficient (Wildman–Crippen LogP) is 3.55. The Hall–Kier alpha value is -3.60. The second kappa shape index (κ2) is 12.6. The summed E-state index contributed by atoms with van der Waals surface area (Å²) < 4.78 is 15.6. The minimum atomic E-state index is -0.902. The zero-order valence-corrected chi connectivity index (χ0v) is 21.9. The summed E-state index contributed by atoms with van der Waals surface area (Å²) in [5.74, 6) is -2.20. The highest BCUT2D eigenvalue weighted by molar-refractivity contribution is 6.43. The monoisotopic (exact) mass is 549 g/mol. The zero-order valence-electron chi connectivity index (χ0n) is 20.4. The first-order valence-electron chi connectivity index (χ1n) is 11.1. The van der Waals surface area contributed by atoms with Crippen molar-refractivity contribution in [2.24, 2.45) is 0 Å². The number of ether oxygens (including phenoxy) is 2. The van der Waals surface area contributed by atoms with Crippen LogP contribution >= 0.6 is 23.2 Å². The fraction of sp³-hybridized carbons (Fsp3) is 0.280. The van der Waals surface area contributed by atoms with E-state index in [9.17, 15) is 19.2 Å². The van der Waals surface area contributed by atoms with E-state index in [-0.39, 0.29) is 34.4 Å². The Bertz CT molecular complexity index is 1280. The molecule has 196 valence electrons. The number of carbonyl (C=O) groups excluding carboxylic acids is 4. The molecule has 37 heavy (non-hydrogen) atoms. The van der Waals surface area contributed by atoms with Gasteiger partial charge in [-0.2, -0.15) is 0 Å². The summed E-state index contributed by atoms with van der Waals surface area (Å²) in [6.07, 6.45) is 2.03. The van der Waals surface area contributed by atoms with E-state index in [1.165, 1.54) is 36.3 Å². The first kappa shape index (κ1) is 28.0. The summed E-state index contributed by atoms with van der Waals surface area (Å²) in [5, 5.41) is 5.41. The highest BCUT2D eigenvalue weighted by Crippen LogP contribution is 2.32. The van der Waals surface area contributed by atoms with E-state index in [0.29, 0.717) is 41.7 Å². The van der Waals surface area contributed by atoms with Crippen LogP contribution in [0.3, 0.4) is 0 Å². The number of carbonyl (C=O) groups is 4. The fourth-order valence-corrected chi connectivity index (χ4v) is 3.88. The van der Waals surface area contributed by atoms with Crippen molar-refractivity contribution in [2.45, 2.75) is 19.9 Å².